The zero-order chi connectivity index (χ0) is 10.4. The van der Waals surface area contributed by atoms with Gasteiger partial charge in [0.2, 0.25) is 0 Å². The molecule has 0 amide bonds. The fraction of sp³-hybridized carbons (Fsp3) is 0.909. The number of hydrogen-bond acceptors (Lipinski definition) is 3. The molecular formula is C11H20O3. The van der Waals surface area contributed by atoms with Crippen molar-refractivity contribution in [3.05, 3.63) is 0 Å². The summed E-state index contributed by atoms with van der Waals surface area (Å²) in [4.78, 5) is 11.1. The van der Waals surface area contributed by atoms with Gasteiger partial charge in [-0.15, -0.1) is 0 Å². The normalized spacial score (nSPS) is 19.3. The van der Waals surface area contributed by atoms with Crippen molar-refractivity contribution in [2.45, 2.75) is 52.1 Å². The first kappa shape index (κ1) is 11.3. The number of hydrogen-bond donors (Lipinski definition) is 0. The number of carbonyl (C=O) groups excluding carboxylic acids is 1. The Morgan fingerprint density at radius 1 is 1.43 bits per heavy atom. The van der Waals surface area contributed by atoms with Crippen LogP contribution in [0, 0.1) is 5.92 Å². The third kappa shape index (κ3) is 3.56. The van der Waals surface area contributed by atoms with E-state index in [9.17, 15) is 4.79 Å². The van der Waals surface area contributed by atoms with Crippen molar-refractivity contribution >= 4 is 6.16 Å². The molecule has 14 heavy (non-hydrogen) atoms. The summed E-state index contributed by atoms with van der Waals surface area (Å²) in [5.74, 6) is 0.546. The Balaban J connectivity index is 2.18. The second-order valence-electron chi connectivity index (χ2n) is 3.97. The van der Waals surface area contributed by atoms with E-state index in [0.29, 0.717) is 12.5 Å². The van der Waals surface area contributed by atoms with Gasteiger partial charge in [-0.1, -0.05) is 19.8 Å². The molecule has 3 nitrogen and oxygen atoms in total. The van der Waals surface area contributed by atoms with Crippen LogP contribution in [0.4, 0.5) is 4.79 Å². The van der Waals surface area contributed by atoms with Crippen LogP contribution in [0.3, 0.4) is 0 Å². The molecule has 0 radical (unpaired) electrons. The van der Waals surface area contributed by atoms with E-state index in [4.69, 9.17) is 9.47 Å². The molecule has 0 bridgehead atoms. The predicted molar refractivity (Wildman–Crippen MR) is 54.1 cm³/mol. The second-order valence-corrected chi connectivity index (χ2v) is 3.97. The SMILES string of the molecule is CCCOC(=O)OC(C)C1CCCC1. The van der Waals surface area contributed by atoms with Crippen molar-refractivity contribution < 1.29 is 14.3 Å². The lowest BCUT2D eigenvalue weighted by atomic mass is 10.0. The Morgan fingerprint density at radius 3 is 2.64 bits per heavy atom. The molecule has 0 spiro atoms. The highest BCUT2D eigenvalue weighted by Gasteiger charge is 2.24. The topological polar surface area (TPSA) is 35.5 Å². The fourth-order valence-electron chi connectivity index (χ4n) is 1.89. The molecule has 3 heteroatoms. The maximum absolute atomic E-state index is 11.1. The highest BCUT2D eigenvalue weighted by Crippen LogP contribution is 2.29. The van der Waals surface area contributed by atoms with Crippen molar-refractivity contribution in [2.24, 2.45) is 5.92 Å². The second kappa shape index (κ2) is 5.89. The molecule has 82 valence electrons. The summed E-state index contributed by atoms with van der Waals surface area (Å²) >= 11 is 0. The number of ether oxygens (including phenoxy) is 2. The Morgan fingerprint density at radius 2 is 2.07 bits per heavy atom. The van der Waals surface area contributed by atoms with Gasteiger partial charge in [-0.05, 0) is 32.1 Å². The summed E-state index contributed by atoms with van der Waals surface area (Å²) in [5.41, 5.74) is 0. The van der Waals surface area contributed by atoms with Crippen LogP contribution in [0.2, 0.25) is 0 Å². The van der Waals surface area contributed by atoms with Gasteiger partial charge in [0.25, 0.3) is 0 Å². The molecule has 0 aromatic rings. The van der Waals surface area contributed by atoms with Gasteiger partial charge in [0.1, 0.15) is 6.10 Å². The first-order chi connectivity index (χ1) is 6.74. The summed E-state index contributed by atoms with van der Waals surface area (Å²) in [6.45, 7) is 4.38. The molecular weight excluding hydrogens is 180 g/mol. The average molecular weight is 200 g/mol. The van der Waals surface area contributed by atoms with Crippen molar-refractivity contribution in [1.82, 2.24) is 0 Å². The van der Waals surface area contributed by atoms with Crippen LogP contribution in [0.1, 0.15) is 46.0 Å². The van der Waals surface area contributed by atoms with Gasteiger partial charge < -0.3 is 9.47 Å². The van der Waals surface area contributed by atoms with Gasteiger partial charge in [-0.3, -0.25) is 0 Å². The van der Waals surface area contributed by atoms with E-state index < -0.39 is 6.16 Å². The van der Waals surface area contributed by atoms with Crippen LogP contribution in [0.15, 0.2) is 0 Å². The summed E-state index contributed by atoms with van der Waals surface area (Å²) in [6, 6.07) is 0. The first-order valence-electron chi connectivity index (χ1n) is 5.57. The summed E-state index contributed by atoms with van der Waals surface area (Å²) in [5, 5.41) is 0. The fourth-order valence-corrected chi connectivity index (χ4v) is 1.89. The Kier molecular flexibility index (Phi) is 4.77. The van der Waals surface area contributed by atoms with Gasteiger partial charge in [-0.2, -0.15) is 0 Å². The Hall–Kier alpha value is -0.730. The maximum atomic E-state index is 11.1. The van der Waals surface area contributed by atoms with Gasteiger partial charge in [0, 0.05) is 0 Å². The zero-order valence-electron chi connectivity index (χ0n) is 9.12. The molecule has 1 aliphatic carbocycles. The molecule has 1 fully saturated rings. The number of carbonyl (C=O) groups is 1. The van der Waals surface area contributed by atoms with Gasteiger partial charge >= 0.3 is 6.16 Å². The molecule has 1 rings (SSSR count). The largest absolute Gasteiger partial charge is 0.508 e. The van der Waals surface area contributed by atoms with Crippen molar-refractivity contribution in [2.75, 3.05) is 6.61 Å². The summed E-state index contributed by atoms with van der Waals surface area (Å²) in [7, 11) is 0. The lowest BCUT2D eigenvalue weighted by Gasteiger charge is -2.18. The molecule has 1 saturated carbocycles. The molecule has 0 saturated heterocycles. The lowest BCUT2D eigenvalue weighted by Crippen LogP contribution is -2.22. The van der Waals surface area contributed by atoms with E-state index in [1.54, 1.807) is 0 Å². The lowest BCUT2D eigenvalue weighted by molar-refractivity contribution is 0.0104. The molecule has 1 aliphatic rings. The van der Waals surface area contributed by atoms with Crippen LogP contribution in [-0.4, -0.2) is 18.9 Å². The van der Waals surface area contributed by atoms with E-state index in [1.165, 1.54) is 25.7 Å². The average Bonchev–Trinajstić information content (AvgIpc) is 2.67. The predicted octanol–water partition coefficient (Wildman–Crippen LogP) is 3.13. The van der Waals surface area contributed by atoms with E-state index in [2.05, 4.69) is 0 Å². The minimum Gasteiger partial charge on any atom is -0.434 e. The molecule has 0 aromatic heterocycles. The maximum Gasteiger partial charge on any atom is 0.508 e. The highest BCUT2D eigenvalue weighted by atomic mass is 16.7. The van der Waals surface area contributed by atoms with Gasteiger partial charge in [0.15, 0.2) is 0 Å². The van der Waals surface area contributed by atoms with Crippen LogP contribution < -0.4 is 0 Å². The minimum absolute atomic E-state index is 0.0156. The highest BCUT2D eigenvalue weighted by molar-refractivity contribution is 5.60. The van der Waals surface area contributed by atoms with Gasteiger partial charge in [-0.25, -0.2) is 4.79 Å². The monoisotopic (exact) mass is 200 g/mol. The standard InChI is InChI=1S/C11H20O3/c1-3-8-13-11(12)14-9(2)10-6-4-5-7-10/h9-10H,3-8H2,1-2H3. The summed E-state index contributed by atoms with van der Waals surface area (Å²) < 4.78 is 10.0. The third-order valence-corrected chi connectivity index (χ3v) is 2.77. The van der Waals surface area contributed by atoms with Crippen LogP contribution in [0.5, 0.6) is 0 Å². The molecule has 0 heterocycles. The quantitative estimate of drug-likeness (QED) is 0.654. The van der Waals surface area contributed by atoms with E-state index >= 15 is 0 Å². The van der Waals surface area contributed by atoms with E-state index in [-0.39, 0.29) is 6.10 Å². The molecule has 0 N–H and O–H groups in total. The van der Waals surface area contributed by atoms with Crippen molar-refractivity contribution in [1.29, 1.82) is 0 Å². The molecule has 1 atom stereocenters. The minimum atomic E-state index is -0.508. The van der Waals surface area contributed by atoms with Crippen molar-refractivity contribution in [3.63, 3.8) is 0 Å². The zero-order valence-corrected chi connectivity index (χ0v) is 9.12. The van der Waals surface area contributed by atoms with E-state index in [1.807, 2.05) is 13.8 Å². The van der Waals surface area contributed by atoms with Crippen LogP contribution in [-0.2, 0) is 9.47 Å². The first-order valence-corrected chi connectivity index (χ1v) is 5.57. The number of rotatable bonds is 4. The van der Waals surface area contributed by atoms with E-state index in [0.717, 1.165) is 6.42 Å². The van der Waals surface area contributed by atoms with Gasteiger partial charge in [0.05, 0.1) is 6.61 Å². The Labute approximate surface area is 85.8 Å². The van der Waals surface area contributed by atoms with Crippen LogP contribution in [0.25, 0.3) is 0 Å². The molecule has 0 aliphatic heterocycles. The molecule has 1 unspecified atom stereocenters. The third-order valence-electron chi connectivity index (χ3n) is 2.77. The van der Waals surface area contributed by atoms with Crippen molar-refractivity contribution in [3.8, 4) is 0 Å². The summed E-state index contributed by atoms with van der Waals surface area (Å²) in [6.07, 6.45) is 5.25. The molecule has 0 aromatic carbocycles. The smallest absolute Gasteiger partial charge is 0.434 e. The Bertz CT molecular complexity index is 173. The van der Waals surface area contributed by atoms with Crippen LogP contribution >= 0.6 is 0 Å².